The molecule has 5 nitrogen and oxygen atoms in total. The Hall–Kier alpha value is -2.44. The van der Waals surface area contributed by atoms with Crippen LogP contribution >= 0.6 is 11.3 Å². The highest BCUT2D eigenvalue weighted by Gasteiger charge is 2.25. The number of hydrogen-bond donors (Lipinski definition) is 1. The summed E-state index contributed by atoms with van der Waals surface area (Å²) in [4.78, 5) is 20.7. The standard InChI is InChI=1S/C22H25N3O2S/c1-16-7-8-17(2)19(13-16)27-15-22(26)25-11-9-24(10-12-25)14-21-23-18-5-3-4-6-20(18)28-21/h3-8,13H,9-12,14-15H2,1-2H3/p+1. The zero-order chi connectivity index (χ0) is 19.5. The van der Waals surface area contributed by atoms with Gasteiger partial charge in [0.05, 0.1) is 36.4 Å². The van der Waals surface area contributed by atoms with Gasteiger partial charge in [-0.15, -0.1) is 11.3 Å². The molecule has 0 atom stereocenters. The van der Waals surface area contributed by atoms with E-state index < -0.39 is 0 Å². The average Bonchev–Trinajstić information content (AvgIpc) is 3.11. The van der Waals surface area contributed by atoms with Crippen molar-refractivity contribution >= 4 is 27.5 Å². The van der Waals surface area contributed by atoms with Crippen molar-refractivity contribution in [2.45, 2.75) is 20.4 Å². The Kier molecular flexibility index (Phi) is 5.59. The number of rotatable bonds is 5. The number of nitrogens with zero attached hydrogens (tertiary/aromatic N) is 2. The Morgan fingerprint density at radius 3 is 2.75 bits per heavy atom. The minimum absolute atomic E-state index is 0.0694. The Balaban J connectivity index is 1.27. The predicted molar refractivity (Wildman–Crippen MR) is 112 cm³/mol. The second kappa shape index (κ2) is 8.29. The summed E-state index contributed by atoms with van der Waals surface area (Å²) in [5, 5.41) is 1.18. The van der Waals surface area contributed by atoms with Crippen molar-refractivity contribution in [3.63, 3.8) is 0 Å². The summed E-state index contributed by atoms with van der Waals surface area (Å²) in [6.45, 7) is 8.52. The topological polar surface area (TPSA) is 46.9 Å². The fourth-order valence-electron chi connectivity index (χ4n) is 3.55. The minimum atomic E-state index is 0.0694. The summed E-state index contributed by atoms with van der Waals surface area (Å²) in [6.07, 6.45) is 0. The molecule has 0 bridgehead atoms. The molecule has 6 heteroatoms. The lowest BCUT2D eigenvalue weighted by Crippen LogP contribution is -3.13. The van der Waals surface area contributed by atoms with E-state index in [1.165, 1.54) is 14.6 Å². The average molecular weight is 397 g/mol. The van der Waals surface area contributed by atoms with Crippen LogP contribution in [0.2, 0.25) is 0 Å². The molecule has 1 fully saturated rings. The monoisotopic (exact) mass is 396 g/mol. The molecule has 1 amide bonds. The van der Waals surface area contributed by atoms with Crippen LogP contribution in [0.15, 0.2) is 42.5 Å². The molecule has 1 saturated heterocycles. The summed E-state index contributed by atoms with van der Waals surface area (Å²) in [7, 11) is 0. The van der Waals surface area contributed by atoms with E-state index in [-0.39, 0.29) is 12.5 Å². The number of thiazole rings is 1. The van der Waals surface area contributed by atoms with E-state index in [1.54, 1.807) is 11.3 Å². The molecule has 3 aromatic rings. The molecular weight excluding hydrogens is 370 g/mol. The number of hydrogen-bond acceptors (Lipinski definition) is 4. The second-order valence-corrected chi connectivity index (χ2v) is 8.56. The lowest BCUT2D eigenvalue weighted by Gasteiger charge is -2.31. The quantitative estimate of drug-likeness (QED) is 0.719. The van der Waals surface area contributed by atoms with Gasteiger partial charge in [-0.2, -0.15) is 0 Å². The third-order valence-electron chi connectivity index (χ3n) is 5.26. The molecule has 0 saturated carbocycles. The molecule has 1 N–H and O–H groups in total. The maximum Gasteiger partial charge on any atom is 0.260 e. The zero-order valence-corrected chi connectivity index (χ0v) is 17.2. The number of para-hydroxylation sites is 1. The normalized spacial score (nSPS) is 15.1. The number of carbonyl (C=O) groups excluding carboxylic acids is 1. The van der Waals surface area contributed by atoms with Crippen LogP contribution in [-0.2, 0) is 11.3 Å². The van der Waals surface area contributed by atoms with Crippen LogP contribution in [0.5, 0.6) is 5.75 Å². The molecule has 0 spiro atoms. The first-order valence-corrected chi connectivity index (χ1v) is 10.6. The first-order valence-electron chi connectivity index (χ1n) is 9.74. The van der Waals surface area contributed by atoms with Gasteiger partial charge in [0.2, 0.25) is 0 Å². The van der Waals surface area contributed by atoms with Gasteiger partial charge in [0.25, 0.3) is 5.91 Å². The number of benzene rings is 2. The largest absolute Gasteiger partial charge is 0.483 e. The summed E-state index contributed by atoms with van der Waals surface area (Å²) < 4.78 is 7.03. The molecule has 28 heavy (non-hydrogen) atoms. The van der Waals surface area contributed by atoms with Crippen LogP contribution < -0.4 is 9.64 Å². The van der Waals surface area contributed by atoms with Crippen LogP contribution in [0.1, 0.15) is 16.1 Å². The van der Waals surface area contributed by atoms with Crippen molar-refractivity contribution in [2.24, 2.45) is 0 Å². The lowest BCUT2D eigenvalue weighted by atomic mass is 10.1. The molecule has 1 aromatic heterocycles. The van der Waals surface area contributed by atoms with Crippen LogP contribution in [0.3, 0.4) is 0 Å². The lowest BCUT2D eigenvalue weighted by molar-refractivity contribution is -0.917. The summed E-state index contributed by atoms with van der Waals surface area (Å²) in [6, 6.07) is 14.3. The number of nitrogens with one attached hydrogen (secondary N) is 1. The number of aromatic nitrogens is 1. The summed E-state index contributed by atoms with van der Waals surface area (Å²) in [5.74, 6) is 0.869. The highest BCUT2D eigenvalue weighted by atomic mass is 32.1. The molecule has 1 aliphatic heterocycles. The van der Waals surface area contributed by atoms with Crippen molar-refractivity contribution in [3.05, 3.63) is 58.6 Å². The molecule has 4 rings (SSSR count). The molecule has 1 aliphatic rings. The molecule has 2 aromatic carbocycles. The molecule has 146 valence electrons. The van der Waals surface area contributed by atoms with Crippen molar-refractivity contribution in [1.29, 1.82) is 0 Å². The highest BCUT2D eigenvalue weighted by molar-refractivity contribution is 7.18. The number of fused-ring (bicyclic) bond motifs is 1. The Morgan fingerprint density at radius 1 is 1.18 bits per heavy atom. The Labute approximate surface area is 169 Å². The van der Waals surface area contributed by atoms with Gasteiger partial charge in [0, 0.05) is 0 Å². The fourth-order valence-corrected chi connectivity index (χ4v) is 4.59. The number of amides is 1. The van der Waals surface area contributed by atoms with Gasteiger partial charge in [-0.25, -0.2) is 4.98 Å². The van der Waals surface area contributed by atoms with Crippen molar-refractivity contribution in [2.75, 3.05) is 32.8 Å². The highest BCUT2D eigenvalue weighted by Crippen LogP contribution is 2.21. The second-order valence-electron chi connectivity index (χ2n) is 7.44. The predicted octanol–water partition coefficient (Wildman–Crippen LogP) is 2.22. The molecule has 0 radical (unpaired) electrons. The third-order valence-corrected chi connectivity index (χ3v) is 6.29. The number of piperazine rings is 1. The van der Waals surface area contributed by atoms with E-state index >= 15 is 0 Å². The first-order chi connectivity index (χ1) is 13.6. The van der Waals surface area contributed by atoms with E-state index in [2.05, 4.69) is 24.3 Å². The van der Waals surface area contributed by atoms with Gasteiger partial charge in [0.1, 0.15) is 17.3 Å². The third kappa shape index (κ3) is 4.34. The van der Waals surface area contributed by atoms with Gasteiger partial charge in [-0.1, -0.05) is 24.3 Å². The first kappa shape index (κ1) is 18.9. The van der Waals surface area contributed by atoms with Gasteiger partial charge in [-0.05, 0) is 43.2 Å². The van der Waals surface area contributed by atoms with E-state index in [9.17, 15) is 4.79 Å². The van der Waals surface area contributed by atoms with Gasteiger partial charge >= 0.3 is 0 Å². The Morgan fingerprint density at radius 2 is 1.96 bits per heavy atom. The van der Waals surface area contributed by atoms with E-state index in [4.69, 9.17) is 9.72 Å². The van der Waals surface area contributed by atoms with Crippen LogP contribution in [0, 0.1) is 13.8 Å². The maximum absolute atomic E-state index is 12.5. The number of quaternary nitrogens is 1. The van der Waals surface area contributed by atoms with Crippen molar-refractivity contribution in [1.82, 2.24) is 9.88 Å². The SMILES string of the molecule is Cc1ccc(C)c(OCC(=O)N2CC[NH+](Cc3nc4ccccc4s3)CC2)c1. The summed E-state index contributed by atoms with van der Waals surface area (Å²) in [5.41, 5.74) is 3.28. The van der Waals surface area contributed by atoms with E-state index in [0.29, 0.717) is 0 Å². The van der Waals surface area contributed by atoms with Crippen molar-refractivity contribution < 1.29 is 14.4 Å². The van der Waals surface area contributed by atoms with Crippen LogP contribution in [0.4, 0.5) is 0 Å². The zero-order valence-electron chi connectivity index (χ0n) is 16.4. The van der Waals surface area contributed by atoms with Gasteiger partial charge < -0.3 is 14.5 Å². The van der Waals surface area contributed by atoms with E-state index in [0.717, 1.165) is 55.1 Å². The van der Waals surface area contributed by atoms with Gasteiger partial charge in [-0.3, -0.25) is 4.79 Å². The fraction of sp³-hybridized carbons (Fsp3) is 0.364. The van der Waals surface area contributed by atoms with Crippen LogP contribution in [0.25, 0.3) is 10.2 Å². The number of ether oxygens (including phenoxy) is 1. The van der Waals surface area contributed by atoms with Crippen molar-refractivity contribution in [3.8, 4) is 5.75 Å². The maximum atomic E-state index is 12.5. The molecular formula is C22H26N3O2S+. The molecule has 0 aliphatic carbocycles. The number of aryl methyl sites for hydroxylation is 2. The molecule has 2 heterocycles. The smallest absolute Gasteiger partial charge is 0.260 e. The van der Waals surface area contributed by atoms with Gasteiger partial charge in [0.15, 0.2) is 6.61 Å². The number of carbonyl (C=O) groups is 1. The van der Waals surface area contributed by atoms with E-state index in [1.807, 2.05) is 36.9 Å². The summed E-state index contributed by atoms with van der Waals surface area (Å²) >= 11 is 1.77. The van der Waals surface area contributed by atoms with Crippen LogP contribution in [-0.4, -0.2) is 48.6 Å². The minimum Gasteiger partial charge on any atom is -0.483 e. The molecule has 0 unspecified atom stereocenters. The Bertz CT molecular complexity index is 944.